The first-order chi connectivity index (χ1) is 9.79. The van der Waals surface area contributed by atoms with E-state index in [1.807, 2.05) is 54.6 Å². The van der Waals surface area contributed by atoms with Crippen molar-refractivity contribution < 1.29 is 14.6 Å². The average molecular weight is 289 g/mol. The van der Waals surface area contributed by atoms with Crippen LogP contribution in [0.2, 0.25) is 0 Å². The molecular weight excluding hydrogens is 274 g/mol. The Morgan fingerprint density at radius 2 is 1.80 bits per heavy atom. The third kappa shape index (κ3) is 4.29. The van der Waals surface area contributed by atoms with Crippen LogP contribution in [0.15, 0.2) is 64.4 Å². The van der Waals surface area contributed by atoms with Crippen LogP contribution in [0.3, 0.4) is 0 Å². The Hall–Kier alpha value is -1.98. The zero-order chi connectivity index (χ0) is 14.2. The van der Waals surface area contributed by atoms with E-state index < -0.39 is 6.09 Å². The van der Waals surface area contributed by atoms with Gasteiger partial charge in [-0.15, -0.1) is 0 Å². The molecule has 0 atom stereocenters. The molecule has 0 heterocycles. The van der Waals surface area contributed by atoms with Gasteiger partial charge in [-0.05, 0) is 24.3 Å². The maximum Gasteiger partial charge on any atom is 0.411 e. The summed E-state index contributed by atoms with van der Waals surface area (Å²) in [5.41, 5.74) is 0.685. The molecule has 4 nitrogen and oxygen atoms in total. The largest absolute Gasteiger partial charge is 0.447 e. The van der Waals surface area contributed by atoms with Crippen molar-refractivity contribution in [3.05, 3.63) is 54.6 Å². The van der Waals surface area contributed by atoms with E-state index in [1.54, 1.807) is 11.8 Å². The third-order valence-electron chi connectivity index (χ3n) is 2.42. The number of nitrogens with one attached hydrogen (secondary N) is 1. The van der Waals surface area contributed by atoms with Gasteiger partial charge in [0.15, 0.2) is 0 Å². The molecule has 2 N–H and O–H groups in total. The molecule has 5 heteroatoms. The molecule has 20 heavy (non-hydrogen) atoms. The number of carbonyl (C=O) groups is 1. The number of para-hydroxylation sites is 1. The van der Waals surface area contributed by atoms with Gasteiger partial charge in [0.2, 0.25) is 0 Å². The van der Waals surface area contributed by atoms with E-state index in [0.717, 1.165) is 9.79 Å². The fraction of sp³-hybridized carbons (Fsp3) is 0.133. The number of aliphatic hydroxyl groups is 1. The van der Waals surface area contributed by atoms with Gasteiger partial charge in [0.05, 0.1) is 12.3 Å². The van der Waals surface area contributed by atoms with Crippen LogP contribution in [0.4, 0.5) is 10.5 Å². The SMILES string of the molecule is O=C(Nc1ccccc1Sc1ccccc1)OCCO. The summed E-state index contributed by atoms with van der Waals surface area (Å²) in [6.07, 6.45) is -0.569. The normalized spacial score (nSPS) is 10.1. The highest BCUT2D eigenvalue weighted by molar-refractivity contribution is 7.99. The van der Waals surface area contributed by atoms with E-state index in [9.17, 15) is 4.79 Å². The van der Waals surface area contributed by atoms with Gasteiger partial charge in [0.25, 0.3) is 0 Å². The molecule has 2 aromatic carbocycles. The summed E-state index contributed by atoms with van der Waals surface area (Å²) < 4.78 is 4.79. The van der Waals surface area contributed by atoms with Crippen LogP contribution in [0.25, 0.3) is 0 Å². The minimum atomic E-state index is -0.569. The lowest BCUT2D eigenvalue weighted by Crippen LogP contribution is -2.16. The lowest BCUT2D eigenvalue weighted by molar-refractivity contribution is 0.131. The molecule has 0 spiro atoms. The van der Waals surface area contributed by atoms with Crippen LogP contribution >= 0.6 is 11.8 Å². The van der Waals surface area contributed by atoms with E-state index in [4.69, 9.17) is 9.84 Å². The molecule has 0 fully saturated rings. The van der Waals surface area contributed by atoms with Gasteiger partial charge >= 0.3 is 6.09 Å². The van der Waals surface area contributed by atoms with Gasteiger partial charge in [0, 0.05) is 9.79 Å². The first-order valence-corrected chi connectivity index (χ1v) is 6.98. The Balaban J connectivity index is 2.08. The quantitative estimate of drug-likeness (QED) is 0.886. The molecule has 104 valence electrons. The number of hydrogen-bond donors (Lipinski definition) is 2. The van der Waals surface area contributed by atoms with E-state index in [-0.39, 0.29) is 13.2 Å². The molecule has 0 aliphatic heterocycles. The minimum absolute atomic E-state index is 0.0141. The summed E-state index contributed by atoms with van der Waals surface area (Å²) in [5.74, 6) is 0. The summed E-state index contributed by atoms with van der Waals surface area (Å²) in [6, 6.07) is 17.4. The molecule has 0 bridgehead atoms. The molecule has 0 saturated heterocycles. The predicted molar refractivity (Wildman–Crippen MR) is 79.1 cm³/mol. The molecule has 0 aromatic heterocycles. The van der Waals surface area contributed by atoms with Gasteiger partial charge in [-0.3, -0.25) is 5.32 Å². The van der Waals surface area contributed by atoms with Crippen LogP contribution in [-0.2, 0) is 4.74 Å². The van der Waals surface area contributed by atoms with Gasteiger partial charge in [-0.2, -0.15) is 0 Å². The molecule has 0 aliphatic rings. The Kier molecular flexibility index (Phi) is 5.46. The van der Waals surface area contributed by atoms with Crippen molar-refractivity contribution in [2.24, 2.45) is 0 Å². The molecule has 0 radical (unpaired) electrons. The van der Waals surface area contributed by atoms with Crippen LogP contribution in [0, 0.1) is 0 Å². The highest BCUT2D eigenvalue weighted by Gasteiger charge is 2.08. The first-order valence-electron chi connectivity index (χ1n) is 6.16. The monoisotopic (exact) mass is 289 g/mol. The van der Waals surface area contributed by atoms with Gasteiger partial charge < -0.3 is 9.84 Å². The fourth-order valence-corrected chi connectivity index (χ4v) is 2.48. The lowest BCUT2D eigenvalue weighted by Gasteiger charge is -2.10. The van der Waals surface area contributed by atoms with Crippen molar-refractivity contribution in [2.75, 3.05) is 18.5 Å². The Morgan fingerprint density at radius 3 is 2.55 bits per heavy atom. The lowest BCUT2D eigenvalue weighted by atomic mass is 10.3. The zero-order valence-electron chi connectivity index (χ0n) is 10.8. The van der Waals surface area contributed by atoms with Gasteiger partial charge in [0.1, 0.15) is 6.61 Å². The molecule has 0 unspecified atom stereocenters. The highest BCUT2D eigenvalue weighted by Crippen LogP contribution is 2.33. The summed E-state index contributed by atoms with van der Waals surface area (Å²) in [6.45, 7) is -0.201. The fourth-order valence-electron chi connectivity index (χ4n) is 1.56. The number of carbonyl (C=O) groups excluding carboxylic acids is 1. The molecule has 2 rings (SSSR count). The van der Waals surface area contributed by atoms with Crippen LogP contribution in [0.5, 0.6) is 0 Å². The Morgan fingerprint density at radius 1 is 1.10 bits per heavy atom. The van der Waals surface area contributed by atoms with Crippen molar-refractivity contribution in [3.8, 4) is 0 Å². The number of rotatable bonds is 5. The maximum absolute atomic E-state index is 11.5. The summed E-state index contributed by atoms with van der Waals surface area (Å²) in [4.78, 5) is 13.5. The molecule has 0 aliphatic carbocycles. The van der Waals surface area contributed by atoms with Crippen LogP contribution < -0.4 is 5.32 Å². The van der Waals surface area contributed by atoms with Gasteiger partial charge in [-0.25, -0.2) is 4.79 Å². The van der Waals surface area contributed by atoms with Crippen molar-refractivity contribution in [1.82, 2.24) is 0 Å². The summed E-state index contributed by atoms with van der Waals surface area (Å²) in [5, 5.41) is 11.3. The zero-order valence-corrected chi connectivity index (χ0v) is 11.6. The number of benzene rings is 2. The molecular formula is C15H15NO3S. The average Bonchev–Trinajstić information content (AvgIpc) is 2.48. The molecule has 1 amide bonds. The van der Waals surface area contributed by atoms with Crippen molar-refractivity contribution in [2.45, 2.75) is 9.79 Å². The summed E-state index contributed by atoms with van der Waals surface area (Å²) in [7, 11) is 0. The highest BCUT2D eigenvalue weighted by atomic mass is 32.2. The number of aliphatic hydroxyl groups excluding tert-OH is 1. The third-order valence-corrected chi connectivity index (χ3v) is 3.50. The number of hydrogen-bond acceptors (Lipinski definition) is 4. The van der Waals surface area contributed by atoms with Crippen molar-refractivity contribution >= 4 is 23.5 Å². The second-order valence-corrected chi connectivity index (χ2v) is 5.01. The number of ether oxygens (including phenoxy) is 1. The van der Waals surface area contributed by atoms with Crippen LogP contribution in [-0.4, -0.2) is 24.4 Å². The second kappa shape index (κ2) is 7.57. The topological polar surface area (TPSA) is 58.6 Å². The van der Waals surface area contributed by atoms with Crippen molar-refractivity contribution in [1.29, 1.82) is 0 Å². The number of amides is 1. The summed E-state index contributed by atoms with van der Waals surface area (Å²) >= 11 is 1.56. The van der Waals surface area contributed by atoms with Crippen LogP contribution in [0.1, 0.15) is 0 Å². The Bertz CT molecular complexity index is 560. The standard InChI is InChI=1S/C15H15NO3S/c17-10-11-19-15(18)16-13-8-4-5-9-14(13)20-12-6-2-1-3-7-12/h1-9,17H,10-11H2,(H,16,18). The van der Waals surface area contributed by atoms with E-state index in [1.165, 1.54) is 0 Å². The Labute approximate surface area is 121 Å². The van der Waals surface area contributed by atoms with Gasteiger partial charge in [-0.1, -0.05) is 42.1 Å². The molecule has 0 saturated carbocycles. The minimum Gasteiger partial charge on any atom is -0.447 e. The van der Waals surface area contributed by atoms with Crippen molar-refractivity contribution in [3.63, 3.8) is 0 Å². The smallest absolute Gasteiger partial charge is 0.411 e. The maximum atomic E-state index is 11.5. The second-order valence-electron chi connectivity index (χ2n) is 3.90. The molecule has 2 aromatic rings. The number of anilines is 1. The predicted octanol–water partition coefficient (Wildman–Crippen LogP) is 3.38. The first kappa shape index (κ1) is 14.4. The van der Waals surface area contributed by atoms with E-state index in [2.05, 4.69) is 5.32 Å². The van der Waals surface area contributed by atoms with E-state index >= 15 is 0 Å². The van der Waals surface area contributed by atoms with E-state index in [0.29, 0.717) is 5.69 Å².